The van der Waals surface area contributed by atoms with Crippen LogP contribution in [0.15, 0.2) is 30.3 Å². The number of para-hydroxylation sites is 1. The number of hydrogen-bond donors (Lipinski definition) is 0. The second-order valence-electron chi connectivity index (χ2n) is 5.89. The molecule has 2 aliphatic rings. The number of carbonyl (C=O) groups is 3. The van der Waals surface area contributed by atoms with E-state index in [1.54, 1.807) is 24.3 Å². The van der Waals surface area contributed by atoms with Gasteiger partial charge in [-0.25, -0.2) is 0 Å². The van der Waals surface area contributed by atoms with Crippen LogP contribution in [-0.2, 0) is 14.4 Å². The van der Waals surface area contributed by atoms with Crippen molar-refractivity contribution in [2.75, 3.05) is 4.90 Å². The summed E-state index contributed by atoms with van der Waals surface area (Å²) < 4.78 is 0. The second kappa shape index (κ2) is 5.80. The molecule has 0 aromatic heterocycles. The molecule has 1 aliphatic carbocycles. The summed E-state index contributed by atoms with van der Waals surface area (Å²) in [6.45, 7) is 0. The van der Waals surface area contributed by atoms with Gasteiger partial charge in [-0.05, 0) is 25.0 Å². The molecule has 110 valence electrons. The van der Waals surface area contributed by atoms with Gasteiger partial charge in [0.2, 0.25) is 11.8 Å². The maximum atomic E-state index is 12.6. The first-order chi connectivity index (χ1) is 10.2. The fourth-order valence-corrected chi connectivity index (χ4v) is 3.43. The smallest absolute Gasteiger partial charge is 0.238 e. The molecule has 1 aliphatic heterocycles. The Hall–Kier alpha value is -1.97. The maximum absolute atomic E-state index is 12.6. The van der Waals surface area contributed by atoms with Crippen LogP contribution in [0.4, 0.5) is 5.69 Å². The lowest BCUT2D eigenvalue weighted by molar-refractivity contribution is -0.130. The Labute approximate surface area is 124 Å². The average molecular weight is 285 g/mol. The second-order valence-corrected chi connectivity index (χ2v) is 5.89. The summed E-state index contributed by atoms with van der Waals surface area (Å²) >= 11 is 0. The van der Waals surface area contributed by atoms with Crippen LogP contribution in [-0.4, -0.2) is 17.6 Å². The molecule has 0 bridgehead atoms. The standard InChI is InChI=1S/C17H19NO3/c19-15-10-6-2-5-9-13(15)14-11-16(20)18(17(14)21)12-7-3-1-4-8-12/h1,3-4,7-8,13-14H,2,5-6,9-11H2. The van der Waals surface area contributed by atoms with Crippen LogP contribution >= 0.6 is 0 Å². The van der Waals surface area contributed by atoms with Gasteiger partial charge in [0, 0.05) is 18.8 Å². The molecule has 0 radical (unpaired) electrons. The van der Waals surface area contributed by atoms with Crippen LogP contribution in [0.5, 0.6) is 0 Å². The van der Waals surface area contributed by atoms with E-state index in [9.17, 15) is 14.4 Å². The van der Waals surface area contributed by atoms with E-state index in [0.29, 0.717) is 12.1 Å². The van der Waals surface area contributed by atoms with E-state index in [4.69, 9.17) is 0 Å². The number of imide groups is 1. The van der Waals surface area contributed by atoms with E-state index in [2.05, 4.69) is 0 Å². The molecule has 2 unspecified atom stereocenters. The third-order valence-electron chi connectivity index (χ3n) is 4.53. The Morgan fingerprint density at radius 3 is 2.43 bits per heavy atom. The molecule has 2 atom stereocenters. The van der Waals surface area contributed by atoms with Gasteiger partial charge in [0.1, 0.15) is 5.78 Å². The Bertz CT molecular complexity index is 567. The van der Waals surface area contributed by atoms with Crippen molar-refractivity contribution in [1.82, 2.24) is 0 Å². The van der Waals surface area contributed by atoms with Gasteiger partial charge in [0.15, 0.2) is 0 Å². The van der Waals surface area contributed by atoms with Gasteiger partial charge < -0.3 is 0 Å². The number of hydrogen-bond acceptors (Lipinski definition) is 3. The van der Waals surface area contributed by atoms with Crippen LogP contribution in [0, 0.1) is 11.8 Å². The molecule has 1 aromatic carbocycles. The van der Waals surface area contributed by atoms with Gasteiger partial charge >= 0.3 is 0 Å². The van der Waals surface area contributed by atoms with Gasteiger partial charge in [-0.1, -0.05) is 31.0 Å². The van der Waals surface area contributed by atoms with Gasteiger partial charge in [0.25, 0.3) is 0 Å². The Morgan fingerprint density at radius 1 is 0.905 bits per heavy atom. The highest BCUT2D eigenvalue weighted by molar-refractivity contribution is 6.21. The molecular formula is C17H19NO3. The highest BCUT2D eigenvalue weighted by Crippen LogP contribution is 2.35. The lowest BCUT2D eigenvalue weighted by Crippen LogP contribution is -2.34. The summed E-state index contributed by atoms with van der Waals surface area (Å²) in [4.78, 5) is 38.3. The molecule has 0 N–H and O–H groups in total. The molecule has 4 nitrogen and oxygen atoms in total. The maximum Gasteiger partial charge on any atom is 0.238 e. The van der Waals surface area contributed by atoms with Crippen molar-refractivity contribution < 1.29 is 14.4 Å². The third-order valence-corrected chi connectivity index (χ3v) is 4.53. The highest BCUT2D eigenvalue weighted by atomic mass is 16.2. The zero-order valence-electron chi connectivity index (χ0n) is 12.0. The molecule has 1 saturated heterocycles. The summed E-state index contributed by atoms with van der Waals surface area (Å²) in [5, 5.41) is 0. The number of benzene rings is 1. The van der Waals surface area contributed by atoms with Gasteiger partial charge in [-0.15, -0.1) is 0 Å². The predicted octanol–water partition coefficient (Wildman–Crippen LogP) is 2.72. The molecule has 1 heterocycles. The monoisotopic (exact) mass is 285 g/mol. The van der Waals surface area contributed by atoms with Gasteiger partial charge in [0.05, 0.1) is 11.6 Å². The Morgan fingerprint density at radius 2 is 1.67 bits per heavy atom. The first-order valence-corrected chi connectivity index (χ1v) is 7.63. The molecule has 0 spiro atoms. The van der Waals surface area contributed by atoms with Gasteiger partial charge in [-0.2, -0.15) is 0 Å². The molecule has 1 aromatic rings. The van der Waals surface area contributed by atoms with Crippen molar-refractivity contribution in [3.63, 3.8) is 0 Å². The summed E-state index contributed by atoms with van der Waals surface area (Å²) in [6.07, 6.45) is 4.38. The number of amides is 2. The molecular weight excluding hydrogens is 266 g/mol. The van der Waals surface area contributed by atoms with E-state index < -0.39 is 5.92 Å². The van der Waals surface area contributed by atoms with Crippen molar-refractivity contribution in [3.05, 3.63) is 30.3 Å². The predicted molar refractivity (Wildman–Crippen MR) is 78.6 cm³/mol. The first kappa shape index (κ1) is 14.0. The van der Waals surface area contributed by atoms with Crippen molar-refractivity contribution in [2.24, 2.45) is 11.8 Å². The number of Topliss-reactive ketones (excluding diaryl/α,β-unsaturated/α-hetero) is 1. The number of ketones is 1. The number of nitrogens with zero attached hydrogens (tertiary/aromatic N) is 1. The van der Waals surface area contributed by atoms with Crippen molar-refractivity contribution >= 4 is 23.3 Å². The van der Waals surface area contributed by atoms with Crippen LogP contribution < -0.4 is 4.90 Å². The minimum Gasteiger partial charge on any atom is -0.299 e. The lowest BCUT2D eigenvalue weighted by Gasteiger charge is -2.19. The summed E-state index contributed by atoms with van der Waals surface area (Å²) in [7, 11) is 0. The average Bonchev–Trinajstić information content (AvgIpc) is 2.64. The summed E-state index contributed by atoms with van der Waals surface area (Å²) in [6, 6.07) is 8.97. The molecule has 21 heavy (non-hydrogen) atoms. The van der Waals surface area contributed by atoms with Gasteiger partial charge in [-0.3, -0.25) is 19.3 Å². The summed E-state index contributed by atoms with van der Waals surface area (Å²) in [5.41, 5.74) is 0.607. The zero-order chi connectivity index (χ0) is 14.8. The lowest BCUT2D eigenvalue weighted by atomic mass is 9.84. The largest absolute Gasteiger partial charge is 0.299 e. The third kappa shape index (κ3) is 2.62. The normalized spacial score (nSPS) is 27.0. The highest BCUT2D eigenvalue weighted by Gasteiger charge is 2.45. The quantitative estimate of drug-likeness (QED) is 0.620. The Kier molecular flexibility index (Phi) is 3.86. The number of anilines is 1. The topological polar surface area (TPSA) is 54.5 Å². The molecule has 3 rings (SSSR count). The minimum atomic E-state index is -0.455. The van der Waals surface area contributed by atoms with Crippen molar-refractivity contribution in [3.8, 4) is 0 Å². The van der Waals surface area contributed by atoms with Crippen LogP contribution in [0.1, 0.15) is 38.5 Å². The van der Waals surface area contributed by atoms with Crippen molar-refractivity contribution in [2.45, 2.75) is 38.5 Å². The number of carbonyl (C=O) groups excluding carboxylic acids is 3. The molecule has 4 heteroatoms. The Balaban J connectivity index is 1.84. The fourth-order valence-electron chi connectivity index (χ4n) is 3.43. The van der Waals surface area contributed by atoms with Crippen LogP contribution in [0.3, 0.4) is 0 Å². The summed E-state index contributed by atoms with van der Waals surface area (Å²) in [5.74, 6) is -0.950. The molecule has 2 amide bonds. The number of rotatable bonds is 2. The van der Waals surface area contributed by atoms with E-state index in [1.807, 2.05) is 6.07 Å². The van der Waals surface area contributed by atoms with Crippen molar-refractivity contribution in [1.29, 1.82) is 0 Å². The van der Waals surface area contributed by atoms with Crippen LogP contribution in [0.25, 0.3) is 0 Å². The minimum absolute atomic E-state index is 0.161. The zero-order valence-corrected chi connectivity index (χ0v) is 12.0. The molecule has 2 fully saturated rings. The van der Waals surface area contributed by atoms with E-state index in [1.165, 1.54) is 4.90 Å². The first-order valence-electron chi connectivity index (χ1n) is 7.63. The van der Waals surface area contributed by atoms with E-state index in [0.717, 1.165) is 25.7 Å². The van der Waals surface area contributed by atoms with Crippen LogP contribution in [0.2, 0.25) is 0 Å². The van der Waals surface area contributed by atoms with E-state index >= 15 is 0 Å². The SMILES string of the molecule is O=C1CCCCCC1C1CC(=O)N(c2ccccc2)C1=O. The fraction of sp³-hybridized carbons (Fsp3) is 0.471. The van der Waals surface area contributed by atoms with E-state index in [-0.39, 0.29) is 29.9 Å². The molecule has 1 saturated carbocycles.